The molecular weight excluding hydrogens is 307 g/mol. The molecule has 0 aromatic heterocycles. The maximum atomic E-state index is 12.6. The highest BCUT2D eigenvalue weighted by molar-refractivity contribution is 5.77. The van der Waals surface area contributed by atoms with Crippen molar-refractivity contribution in [1.29, 1.82) is 0 Å². The van der Waals surface area contributed by atoms with Crippen molar-refractivity contribution in [2.24, 2.45) is 5.92 Å². The summed E-state index contributed by atoms with van der Waals surface area (Å²) in [5.74, 6) is 0.167. The zero-order valence-corrected chi connectivity index (χ0v) is 13.1. The molecule has 0 radical (unpaired) electrons. The number of hydrogen-bond donors (Lipinski definition) is 1. The molecule has 0 aliphatic carbocycles. The van der Waals surface area contributed by atoms with Gasteiger partial charge in [-0.3, -0.25) is 4.79 Å². The van der Waals surface area contributed by atoms with Crippen LogP contribution < -0.4 is 0 Å². The fraction of sp³-hybridized carbons (Fsp3) is 0.588. The summed E-state index contributed by atoms with van der Waals surface area (Å²) >= 11 is 0. The molecule has 0 saturated carbocycles. The summed E-state index contributed by atoms with van der Waals surface area (Å²) in [7, 11) is 0. The third kappa shape index (κ3) is 4.70. The largest absolute Gasteiger partial charge is 0.416 e. The monoisotopic (exact) mass is 329 g/mol. The molecule has 1 unspecified atom stereocenters. The van der Waals surface area contributed by atoms with E-state index in [0.29, 0.717) is 13.1 Å². The van der Waals surface area contributed by atoms with Gasteiger partial charge >= 0.3 is 6.18 Å². The van der Waals surface area contributed by atoms with Gasteiger partial charge < -0.3 is 10.0 Å². The van der Waals surface area contributed by atoms with E-state index in [1.165, 1.54) is 12.1 Å². The average molecular weight is 329 g/mol. The summed E-state index contributed by atoms with van der Waals surface area (Å²) in [6.07, 6.45) is -2.45. The molecule has 1 N–H and O–H groups in total. The van der Waals surface area contributed by atoms with Crippen molar-refractivity contribution in [3.63, 3.8) is 0 Å². The van der Waals surface area contributed by atoms with Crippen LogP contribution in [0, 0.1) is 5.92 Å². The van der Waals surface area contributed by atoms with E-state index in [9.17, 15) is 18.0 Å². The molecule has 1 aliphatic heterocycles. The number of amides is 1. The van der Waals surface area contributed by atoms with Crippen LogP contribution in [0.5, 0.6) is 0 Å². The summed E-state index contributed by atoms with van der Waals surface area (Å²) in [4.78, 5) is 14.1. The molecule has 128 valence electrons. The van der Waals surface area contributed by atoms with E-state index in [4.69, 9.17) is 5.11 Å². The van der Waals surface area contributed by atoms with Gasteiger partial charge in [-0.15, -0.1) is 0 Å². The number of nitrogens with zero attached hydrogens (tertiary/aromatic N) is 1. The lowest BCUT2D eigenvalue weighted by Gasteiger charge is -2.32. The van der Waals surface area contributed by atoms with E-state index in [2.05, 4.69) is 0 Å². The maximum Gasteiger partial charge on any atom is 0.416 e. The van der Waals surface area contributed by atoms with Crippen molar-refractivity contribution in [3.05, 3.63) is 35.4 Å². The van der Waals surface area contributed by atoms with Gasteiger partial charge in [-0.05, 0) is 42.4 Å². The van der Waals surface area contributed by atoms with Gasteiger partial charge in [0.15, 0.2) is 0 Å². The first-order valence-electron chi connectivity index (χ1n) is 7.87. The predicted molar refractivity (Wildman–Crippen MR) is 80.9 cm³/mol. The Balaban J connectivity index is 1.91. The van der Waals surface area contributed by atoms with Crippen LogP contribution in [0.4, 0.5) is 13.2 Å². The van der Waals surface area contributed by atoms with E-state index >= 15 is 0 Å². The molecule has 1 aromatic carbocycles. The number of likely N-dealkylation sites (tertiary alicyclic amines) is 1. The first kappa shape index (κ1) is 17.8. The van der Waals surface area contributed by atoms with Crippen molar-refractivity contribution >= 4 is 5.91 Å². The predicted octanol–water partition coefficient (Wildman–Crippen LogP) is 3.43. The third-order valence-corrected chi connectivity index (χ3v) is 4.51. The summed E-state index contributed by atoms with van der Waals surface area (Å²) in [5, 5.41) is 9.11. The number of hydrogen-bond acceptors (Lipinski definition) is 2. The third-order valence-electron chi connectivity index (χ3n) is 4.51. The quantitative estimate of drug-likeness (QED) is 0.919. The van der Waals surface area contributed by atoms with E-state index in [0.717, 1.165) is 30.5 Å². The van der Waals surface area contributed by atoms with Gasteiger partial charge in [-0.1, -0.05) is 19.1 Å². The Morgan fingerprint density at radius 1 is 1.26 bits per heavy atom. The normalized spacial score (nSPS) is 18.0. The van der Waals surface area contributed by atoms with Crippen LogP contribution in [0.1, 0.15) is 43.2 Å². The van der Waals surface area contributed by atoms with E-state index < -0.39 is 11.7 Å². The van der Waals surface area contributed by atoms with Crippen LogP contribution in [0.3, 0.4) is 0 Å². The van der Waals surface area contributed by atoms with Crippen molar-refractivity contribution in [2.45, 2.75) is 38.3 Å². The van der Waals surface area contributed by atoms with Crippen LogP contribution in [-0.2, 0) is 11.0 Å². The van der Waals surface area contributed by atoms with Crippen molar-refractivity contribution < 1.29 is 23.1 Å². The number of rotatable bonds is 4. The molecule has 1 atom stereocenters. The summed E-state index contributed by atoms with van der Waals surface area (Å²) in [5.41, 5.74) is 0.0578. The minimum absolute atomic E-state index is 0.0220. The first-order valence-corrected chi connectivity index (χ1v) is 7.87. The second-order valence-corrected chi connectivity index (χ2v) is 6.23. The SMILES string of the molecule is CC(CC(=O)N1CCC(CO)CC1)c1ccc(C(F)(F)F)cc1. The molecule has 0 bridgehead atoms. The molecule has 3 nitrogen and oxygen atoms in total. The molecule has 1 aliphatic rings. The fourth-order valence-electron chi connectivity index (χ4n) is 2.87. The second-order valence-electron chi connectivity index (χ2n) is 6.23. The summed E-state index contributed by atoms with van der Waals surface area (Å²) in [6.45, 7) is 3.29. The molecule has 23 heavy (non-hydrogen) atoms. The number of carbonyl (C=O) groups is 1. The maximum absolute atomic E-state index is 12.6. The Hall–Kier alpha value is -1.56. The van der Waals surface area contributed by atoms with Crippen LogP contribution in [0.15, 0.2) is 24.3 Å². The van der Waals surface area contributed by atoms with Gasteiger partial charge in [-0.2, -0.15) is 13.2 Å². The highest BCUT2D eigenvalue weighted by Crippen LogP contribution is 2.31. The molecule has 0 spiro atoms. The fourth-order valence-corrected chi connectivity index (χ4v) is 2.87. The molecule has 6 heteroatoms. The molecule has 1 amide bonds. The zero-order valence-electron chi connectivity index (χ0n) is 13.1. The number of aliphatic hydroxyl groups excluding tert-OH is 1. The summed E-state index contributed by atoms with van der Waals surface area (Å²) < 4.78 is 37.7. The highest BCUT2D eigenvalue weighted by atomic mass is 19.4. The molecular formula is C17H22F3NO2. The lowest BCUT2D eigenvalue weighted by Crippen LogP contribution is -2.39. The number of piperidine rings is 1. The Morgan fingerprint density at radius 3 is 2.30 bits per heavy atom. The second kappa shape index (κ2) is 7.34. The van der Waals surface area contributed by atoms with Gasteiger partial charge in [0.2, 0.25) is 5.91 Å². The standard InChI is InChI=1S/C17H22F3NO2/c1-12(14-2-4-15(5-3-14)17(18,19)20)10-16(23)21-8-6-13(11-22)7-9-21/h2-5,12-13,22H,6-11H2,1H3. The Morgan fingerprint density at radius 2 is 1.83 bits per heavy atom. The van der Waals surface area contributed by atoms with Gasteiger partial charge in [0, 0.05) is 26.1 Å². The van der Waals surface area contributed by atoms with Crippen LogP contribution in [0.2, 0.25) is 0 Å². The van der Waals surface area contributed by atoms with E-state index in [1.807, 2.05) is 6.92 Å². The first-order chi connectivity index (χ1) is 10.8. The summed E-state index contributed by atoms with van der Waals surface area (Å²) in [6, 6.07) is 5.00. The molecule has 1 heterocycles. The van der Waals surface area contributed by atoms with Gasteiger partial charge in [0.1, 0.15) is 0 Å². The topological polar surface area (TPSA) is 40.5 Å². The Bertz CT molecular complexity index is 520. The molecule has 1 aromatic rings. The number of alkyl halides is 3. The zero-order chi connectivity index (χ0) is 17.0. The minimum atomic E-state index is -4.34. The minimum Gasteiger partial charge on any atom is -0.396 e. The Kier molecular flexibility index (Phi) is 5.68. The molecule has 1 saturated heterocycles. The highest BCUT2D eigenvalue weighted by Gasteiger charge is 2.30. The Labute approximate surface area is 134 Å². The van der Waals surface area contributed by atoms with Crippen LogP contribution in [-0.4, -0.2) is 35.6 Å². The number of carbonyl (C=O) groups excluding carboxylic acids is 1. The molecule has 2 rings (SSSR count). The number of benzene rings is 1. The van der Waals surface area contributed by atoms with Crippen molar-refractivity contribution in [3.8, 4) is 0 Å². The van der Waals surface area contributed by atoms with Gasteiger partial charge in [0.05, 0.1) is 5.56 Å². The lowest BCUT2D eigenvalue weighted by molar-refractivity contribution is -0.137. The van der Waals surface area contributed by atoms with Crippen molar-refractivity contribution in [2.75, 3.05) is 19.7 Å². The van der Waals surface area contributed by atoms with Crippen LogP contribution in [0.25, 0.3) is 0 Å². The average Bonchev–Trinajstić information content (AvgIpc) is 2.54. The number of aliphatic hydroxyl groups is 1. The van der Waals surface area contributed by atoms with Gasteiger partial charge in [-0.25, -0.2) is 0 Å². The smallest absolute Gasteiger partial charge is 0.396 e. The van der Waals surface area contributed by atoms with E-state index in [-0.39, 0.29) is 30.8 Å². The van der Waals surface area contributed by atoms with Crippen LogP contribution >= 0.6 is 0 Å². The lowest BCUT2D eigenvalue weighted by atomic mass is 9.94. The number of halogens is 3. The van der Waals surface area contributed by atoms with E-state index in [1.54, 1.807) is 4.90 Å². The molecule has 1 fully saturated rings. The van der Waals surface area contributed by atoms with Crippen molar-refractivity contribution in [1.82, 2.24) is 4.90 Å². The van der Waals surface area contributed by atoms with Gasteiger partial charge in [0.25, 0.3) is 0 Å².